The monoisotopic (exact) mass is 469 g/mol. The fraction of sp³-hybridized carbons (Fsp3) is 0.100. The predicted molar refractivity (Wildman–Crippen MR) is 116 cm³/mol. The summed E-state index contributed by atoms with van der Waals surface area (Å²) in [5.41, 5.74) is 0.304. The number of halogens is 2. The van der Waals surface area contributed by atoms with Crippen LogP contribution >= 0.6 is 11.6 Å². The van der Waals surface area contributed by atoms with Crippen LogP contribution in [-0.2, 0) is 0 Å². The van der Waals surface area contributed by atoms with Crippen molar-refractivity contribution in [3.8, 4) is 23.5 Å². The molecule has 0 atom stereocenters. The number of anilines is 2. The van der Waals surface area contributed by atoms with E-state index < -0.39 is 16.4 Å². The highest BCUT2D eigenvalue weighted by molar-refractivity contribution is 6.32. The SMILES string of the molecule is COc1cc(F)c([N+](=O)[O-])cc1Nc1ncc(Cl)c(-n2nc(OC)c3cc(C#N)ccc32)n1. The van der Waals surface area contributed by atoms with Gasteiger partial charge in [-0.05, 0) is 18.2 Å². The van der Waals surface area contributed by atoms with Crippen LogP contribution in [0.4, 0.5) is 21.7 Å². The molecule has 0 bridgehead atoms. The third kappa shape index (κ3) is 3.92. The molecule has 1 N–H and O–H groups in total. The number of nitrogens with zero attached hydrogens (tertiary/aromatic N) is 6. The summed E-state index contributed by atoms with van der Waals surface area (Å²) in [5.74, 6) is -0.630. The quantitative estimate of drug-likeness (QED) is 0.325. The van der Waals surface area contributed by atoms with E-state index in [0.29, 0.717) is 16.5 Å². The highest BCUT2D eigenvalue weighted by atomic mass is 35.5. The van der Waals surface area contributed by atoms with Gasteiger partial charge in [0, 0.05) is 12.1 Å². The van der Waals surface area contributed by atoms with Crippen LogP contribution in [0.15, 0.2) is 36.5 Å². The van der Waals surface area contributed by atoms with Crippen molar-refractivity contribution in [3.63, 3.8) is 0 Å². The summed E-state index contributed by atoms with van der Waals surface area (Å²) < 4.78 is 25.8. The van der Waals surface area contributed by atoms with Crippen molar-refractivity contribution in [1.29, 1.82) is 5.26 Å². The molecule has 2 aromatic heterocycles. The second-order valence-electron chi connectivity index (χ2n) is 6.52. The number of methoxy groups -OCH3 is 2. The maximum absolute atomic E-state index is 13.9. The Morgan fingerprint density at radius 3 is 2.73 bits per heavy atom. The molecule has 33 heavy (non-hydrogen) atoms. The van der Waals surface area contributed by atoms with E-state index in [2.05, 4.69) is 26.5 Å². The van der Waals surface area contributed by atoms with E-state index in [1.54, 1.807) is 18.2 Å². The molecule has 11 nitrogen and oxygen atoms in total. The lowest BCUT2D eigenvalue weighted by atomic mass is 10.2. The number of ether oxygens (including phenoxy) is 2. The molecule has 0 amide bonds. The summed E-state index contributed by atoms with van der Waals surface area (Å²) in [6.07, 6.45) is 1.31. The summed E-state index contributed by atoms with van der Waals surface area (Å²) in [5, 5.41) is 28.1. The normalized spacial score (nSPS) is 10.6. The Morgan fingerprint density at radius 1 is 1.27 bits per heavy atom. The fourth-order valence-corrected chi connectivity index (χ4v) is 3.28. The molecule has 0 aliphatic rings. The first-order chi connectivity index (χ1) is 15.9. The van der Waals surface area contributed by atoms with Crippen LogP contribution in [0, 0.1) is 27.3 Å². The maximum atomic E-state index is 13.9. The van der Waals surface area contributed by atoms with Gasteiger partial charge < -0.3 is 14.8 Å². The maximum Gasteiger partial charge on any atom is 0.307 e. The highest BCUT2D eigenvalue weighted by Crippen LogP contribution is 2.34. The van der Waals surface area contributed by atoms with Gasteiger partial charge in [-0.25, -0.2) is 9.67 Å². The molecule has 0 spiro atoms. The first kappa shape index (κ1) is 21.7. The van der Waals surface area contributed by atoms with Crippen LogP contribution in [0.2, 0.25) is 5.02 Å². The molecule has 2 aromatic carbocycles. The number of fused-ring (bicyclic) bond motifs is 1. The van der Waals surface area contributed by atoms with E-state index in [-0.39, 0.29) is 34.1 Å². The third-order valence-corrected chi connectivity index (χ3v) is 4.87. The van der Waals surface area contributed by atoms with Gasteiger partial charge in [0.2, 0.25) is 17.6 Å². The molecule has 166 valence electrons. The lowest BCUT2D eigenvalue weighted by Gasteiger charge is -2.12. The van der Waals surface area contributed by atoms with Crippen molar-refractivity contribution in [1.82, 2.24) is 19.7 Å². The van der Waals surface area contributed by atoms with E-state index in [4.69, 9.17) is 21.1 Å². The summed E-state index contributed by atoms with van der Waals surface area (Å²) in [6, 6.07) is 8.81. The molecule has 0 aliphatic heterocycles. The summed E-state index contributed by atoms with van der Waals surface area (Å²) >= 11 is 6.32. The van der Waals surface area contributed by atoms with E-state index in [9.17, 15) is 19.8 Å². The molecular weight excluding hydrogens is 457 g/mol. The van der Waals surface area contributed by atoms with Gasteiger partial charge in [0.25, 0.3) is 0 Å². The zero-order chi connectivity index (χ0) is 23.7. The number of nitro groups is 1. The topological polar surface area (TPSA) is 141 Å². The lowest BCUT2D eigenvalue weighted by Crippen LogP contribution is -2.06. The van der Waals surface area contributed by atoms with Crippen LogP contribution < -0.4 is 14.8 Å². The largest absolute Gasteiger partial charge is 0.494 e. The molecule has 13 heteroatoms. The molecular formula is C20H13ClFN7O4. The van der Waals surface area contributed by atoms with Gasteiger partial charge in [-0.2, -0.15) is 14.6 Å². The van der Waals surface area contributed by atoms with Gasteiger partial charge in [0.1, 0.15) is 10.8 Å². The Bertz CT molecular complexity index is 1450. The minimum Gasteiger partial charge on any atom is -0.494 e. The average molecular weight is 470 g/mol. The molecule has 4 rings (SSSR count). The number of nitrogens with one attached hydrogen (secondary N) is 1. The van der Waals surface area contributed by atoms with Crippen LogP contribution in [0.25, 0.3) is 16.7 Å². The smallest absolute Gasteiger partial charge is 0.307 e. The molecule has 4 aromatic rings. The minimum absolute atomic E-state index is 0.00782. The first-order valence-corrected chi connectivity index (χ1v) is 9.52. The molecule has 0 aliphatic carbocycles. The van der Waals surface area contributed by atoms with Crippen molar-refractivity contribution in [2.24, 2.45) is 0 Å². The van der Waals surface area contributed by atoms with Gasteiger partial charge in [-0.1, -0.05) is 11.6 Å². The molecule has 0 fully saturated rings. The van der Waals surface area contributed by atoms with Crippen molar-refractivity contribution in [3.05, 3.63) is 63.0 Å². The van der Waals surface area contributed by atoms with Crippen molar-refractivity contribution in [2.75, 3.05) is 19.5 Å². The van der Waals surface area contributed by atoms with Crippen LogP contribution in [0.3, 0.4) is 0 Å². The number of nitro benzene ring substituents is 1. The molecule has 2 heterocycles. The van der Waals surface area contributed by atoms with Gasteiger partial charge in [-0.3, -0.25) is 10.1 Å². The molecule has 0 radical (unpaired) electrons. The number of hydrogen-bond acceptors (Lipinski definition) is 9. The van der Waals surface area contributed by atoms with E-state index in [1.165, 1.54) is 25.1 Å². The number of benzene rings is 2. The Morgan fingerprint density at radius 2 is 2.06 bits per heavy atom. The number of aromatic nitrogens is 4. The lowest BCUT2D eigenvalue weighted by molar-refractivity contribution is -0.387. The standard InChI is InChI=1S/C20H13ClFN7O4/c1-32-17-6-13(22)16(29(30)31)7-14(17)25-20-24-9-12(21)18(26-20)28-15-4-3-10(8-23)5-11(15)19(27-28)33-2/h3-7,9H,1-2H3,(H,24,25,26). The second kappa shape index (κ2) is 8.56. The van der Waals surface area contributed by atoms with Gasteiger partial charge in [0.15, 0.2) is 5.82 Å². The van der Waals surface area contributed by atoms with Crippen molar-refractivity contribution < 1.29 is 18.8 Å². The van der Waals surface area contributed by atoms with Gasteiger partial charge in [0.05, 0.1) is 53.6 Å². The van der Waals surface area contributed by atoms with Crippen LogP contribution in [0.1, 0.15) is 5.56 Å². The van der Waals surface area contributed by atoms with Crippen LogP contribution in [0.5, 0.6) is 11.6 Å². The Balaban J connectivity index is 1.82. The van der Waals surface area contributed by atoms with E-state index >= 15 is 0 Å². The minimum atomic E-state index is -1.05. The van der Waals surface area contributed by atoms with Crippen molar-refractivity contribution in [2.45, 2.75) is 0 Å². The molecule has 0 unspecified atom stereocenters. The zero-order valence-electron chi connectivity index (χ0n) is 17.0. The number of rotatable bonds is 6. The number of hydrogen-bond donors (Lipinski definition) is 1. The molecule has 0 saturated heterocycles. The van der Waals surface area contributed by atoms with E-state index in [1.807, 2.05) is 0 Å². The zero-order valence-corrected chi connectivity index (χ0v) is 17.8. The Kier molecular flexibility index (Phi) is 5.63. The summed E-state index contributed by atoms with van der Waals surface area (Å²) in [6.45, 7) is 0. The Labute approximate surface area is 190 Å². The van der Waals surface area contributed by atoms with Crippen LogP contribution in [-0.4, -0.2) is 38.9 Å². The average Bonchev–Trinajstić information content (AvgIpc) is 3.18. The first-order valence-electron chi connectivity index (χ1n) is 9.15. The number of nitriles is 1. The van der Waals surface area contributed by atoms with Gasteiger partial charge >= 0.3 is 5.69 Å². The third-order valence-electron chi connectivity index (χ3n) is 4.61. The predicted octanol–water partition coefficient (Wildman–Crippen LogP) is 4.15. The summed E-state index contributed by atoms with van der Waals surface area (Å²) in [4.78, 5) is 18.7. The Hall–Kier alpha value is -4.50. The highest BCUT2D eigenvalue weighted by Gasteiger charge is 2.21. The fourth-order valence-electron chi connectivity index (χ4n) is 3.11. The van der Waals surface area contributed by atoms with Crippen molar-refractivity contribution >= 4 is 39.8 Å². The van der Waals surface area contributed by atoms with Gasteiger partial charge in [-0.15, -0.1) is 5.10 Å². The second-order valence-corrected chi connectivity index (χ2v) is 6.92. The van der Waals surface area contributed by atoms with E-state index in [0.717, 1.165) is 12.1 Å². The summed E-state index contributed by atoms with van der Waals surface area (Å²) in [7, 11) is 2.73. The molecule has 0 saturated carbocycles.